The number of carbonyl (C=O) groups excluding carboxylic acids is 1. The molecule has 0 unspecified atom stereocenters. The molecular formula is C11H13ClF3NO2. The van der Waals surface area contributed by atoms with E-state index in [1.165, 1.54) is 18.2 Å². The summed E-state index contributed by atoms with van der Waals surface area (Å²) in [5, 5.41) is 0. The minimum absolute atomic E-state index is 0. The number of carbonyl (C=O) groups is 1. The van der Waals surface area contributed by atoms with Gasteiger partial charge >= 0.3 is 12.1 Å². The van der Waals surface area contributed by atoms with Crippen LogP contribution in [0.3, 0.4) is 0 Å². The number of hydrogen-bond donors (Lipinski definition) is 1. The second-order valence-electron chi connectivity index (χ2n) is 3.47. The molecule has 0 aliphatic heterocycles. The molecule has 0 saturated heterocycles. The van der Waals surface area contributed by atoms with Crippen LogP contribution in [-0.4, -0.2) is 13.1 Å². The Labute approximate surface area is 109 Å². The highest BCUT2D eigenvalue weighted by atomic mass is 35.5. The van der Waals surface area contributed by atoms with Crippen LogP contribution in [0.15, 0.2) is 24.3 Å². The third-order valence-corrected chi connectivity index (χ3v) is 2.28. The zero-order valence-electron chi connectivity index (χ0n) is 9.53. The lowest BCUT2D eigenvalue weighted by molar-refractivity contribution is -0.142. The Balaban J connectivity index is 0.00000289. The largest absolute Gasteiger partial charge is 0.469 e. The first kappa shape index (κ1) is 16.7. The van der Waals surface area contributed by atoms with Crippen LogP contribution < -0.4 is 5.73 Å². The van der Waals surface area contributed by atoms with E-state index in [-0.39, 0.29) is 24.4 Å². The molecule has 0 fully saturated rings. The van der Waals surface area contributed by atoms with Gasteiger partial charge in [0, 0.05) is 6.04 Å². The molecule has 3 nitrogen and oxygen atoms in total. The fraction of sp³-hybridized carbons (Fsp3) is 0.364. The monoisotopic (exact) mass is 283 g/mol. The fourth-order valence-electron chi connectivity index (χ4n) is 1.45. The van der Waals surface area contributed by atoms with E-state index in [1.54, 1.807) is 0 Å². The van der Waals surface area contributed by atoms with Crippen LogP contribution >= 0.6 is 12.4 Å². The van der Waals surface area contributed by atoms with Gasteiger partial charge in [0.15, 0.2) is 0 Å². The summed E-state index contributed by atoms with van der Waals surface area (Å²) in [5.74, 6) is -0.644. The summed E-state index contributed by atoms with van der Waals surface area (Å²) in [6.45, 7) is 0. The van der Waals surface area contributed by atoms with Gasteiger partial charge < -0.3 is 10.5 Å². The van der Waals surface area contributed by atoms with Crippen LogP contribution in [0.25, 0.3) is 0 Å². The Kier molecular flexibility index (Phi) is 6.14. The number of halogens is 4. The standard InChI is InChI=1S/C11H12F3NO2.ClH/c1-17-10(16)6-9(15)7-4-2-3-5-8(7)11(12,13)14;/h2-5,9H,6,15H2,1H3;1H/t9-;/m1./s1. The van der Waals surface area contributed by atoms with Crippen molar-refractivity contribution in [3.8, 4) is 0 Å². The van der Waals surface area contributed by atoms with E-state index in [0.29, 0.717) is 0 Å². The molecule has 18 heavy (non-hydrogen) atoms. The minimum Gasteiger partial charge on any atom is -0.469 e. The number of ether oxygens (including phenoxy) is 1. The normalized spacial score (nSPS) is 12.5. The lowest BCUT2D eigenvalue weighted by Crippen LogP contribution is -2.20. The van der Waals surface area contributed by atoms with Crippen molar-refractivity contribution in [2.24, 2.45) is 5.73 Å². The maximum atomic E-state index is 12.7. The van der Waals surface area contributed by atoms with Crippen LogP contribution in [0.1, 0.15) is 23.6 Å². The zero-order chi connectivity index (χ0) is 13.1. The highest BCUT2D eigenvalue weighted by molar-refractivity contribution is 5.85. The summed E-state index contributed by atoms with van der Waals surface area (Å²) in [4.78, 5) is 11.0. The Hall–Kier alpha value is -1.27. The average molecular weight is 284 g/mol. The summed E-state index contributed by atoms with van der Waals surface area (Å²) in [6, 6.07) is 3.89. The number of benzene rings is 1. The van der Waals surface area contributed by atoms with Crippen molar-refractivity contribution in [1.82, 2.24) is 0 Å². The van der Waals surface area contributed by atoms with E-state index in [1.807, 2.05) is 0 Å². The first-order chi connectivity index (χ1) is 7.86. The quantitative estimate of drug-likeness (QED) is 0.868. The highest BCUT2D eigenvalue weighted by Gasteiger charge is 2.34. The van der Waals surface area contributed by atoms with E-state index in [2.05, 4.69) is 4.74 Å². The molecule has 0 bridgehead atoms. The van der Waals surface area contributed by atoms with E-state index >= 15 is 0 Å². The maximum Gasteiger partial charge on any atom is 0.416 e. The van der Waals surface area contributed by atoms with Gasteiger partial charge in [-0.15, -0.1) is 12.4 Å². The van der Waals surface area contributed by atoms with Gasteiger partial charge in [-0.05, 0) is 11.6 Å². The second kappa shape index (κ2) is 6.61. The molecule has 1 aromatic carbocycles. The molecule has 1 rings (SSSR count). The van der Waals surface area contributed by atoms with Crippen LogP contribution in [-0.2, 0) is 15.7 Å². The van der Waals surface area contributed by atoms with Gasteiger partial charge in [-0.25, -0.2) is 0 Å². The van der Waals surface area contributed by atoms with Gasteiger partial charge in [0.25, 0.3) is 0 Å². The summed E-state index contributed by atoms with van der Waals surface area (Å²) in [6.07, 6.45) is -4.77. The van der Waals surface area contributed by atoms with Crippen LogP contribution in [0.4, 0.5) is 13.2 Å². The van der Waals surface area contributed by atoms with Crippen LogP contribution in [0, 0.1) is 0 Å². The van der Waals surface area contributed by atoms with Crippen molar-refractivity contribution >= 4 is 18.4 Å². The number of hydrogen-bond acceptors (Lipinski definition) is 3. The molecule has 0 aliphatic rings. The lowest BCUT2D eigenvalue weighted by atomic mass is 9.98. The Morgan fingerprint density at radius 1 is 1.39 bits per heavy atom. The SMILES string of the molecule is COC(=O)C[C@@H](N)c1ccccc1C(F)(F)F.Cl. The molecule has 0 radical (unpaired) electrons. The Bertz CT molecular complexity index is 410. The molecule has 1 atom stereocenters. The smallest absolute Gasteiger partial charge is 0.416 e. The minimum atomic E-state index is -4.48. The summed E-state index contributed by atoms with van der Waals surface area (Å²) >= 11 is 0. The van der Waals surface area contributed by atoms with Crippen molar-refractivity contribution in [1.29, 1.82) is 0 Å². The first-order valence-electron chi connectivity index (χ1n) is 4.84. The molecule has 2 N–H and O–H groups in total. The van der Waals surface area contributed by atoms with Gasteiger partial charge in [-0.2, -0.15) is 13.2 Å². The van der Waals surface area contributed by atoms with E-state index < -0.39 is 23.8 Å². The van der Waals surface area contributed by atoms with Gasteiger partial charge in [0.1, 0.15) is 0 Å². The number of esters is 1. The maximum absolute atomic E-state index is 12.7. The van der Waals surface area contributed by atoms with Gasteiger partial charge in [0.2, 0.25) is 0 Å². The lowest BCUT2D eigenvalue weighted by Gasteiger charge is -2.17. The van der Waals surface area contributed by atoms with E-state index in [9.17, 15) is 18.0 Å². The second-order valence-corrected chi connectivity index (χ2v) is 3.47. The van der Waals surface area contributed by atoms with Crippen molar-refractivity contribution in [2.75, 3.05) is 7.11 Å². The predicted octanol–water partition coefficient (Wildman–Crippen LogP) is 2.69. The molecule has 1 aromatic rings. The molecular weight excluding hydrogens is 271 g/mol. The first-order valence-corrected chi connectivity index (χ1v) is 4.84. The fourth-order valence-corrected chi connectivity index (χ4v) is 1.45. The van der Waals surface area contributed by atoms with Crippen LogP contribution in [0.5, 0.6) is 0 Å². The van der Waals surface area contributed by atoms with E-state index in [4.69, 9.17) is 5.73 Å². The zero-order valence-corrected chi connectivity index (χ0v) is 10.3. The number of nitrogens with two attached hydrogens (primary N) is 1. The molecule has 0 aromatic heterocycles. The number of rotatable bonds is 3. The molecule has 0 aliphatic carbocycles. The third kappa shape index (κ3) is 4.19. The molecule has 0 amide bonds. The number of methoxy groups -OCH3 is 1. The van der Waals surface area contributed by atoms with Gasteiger partial charge in [0.05, 0.1) is 19.1 Å². The average Bonchev–Trinajstić information content (AvgIpc) is 2.27. The molecule has 0 saturated carbocycles. The Morgan fingerprint density at radius 2 is 1.94 bits per heavy atom. The Morgan fingerprint density at radius 3 is 2.44 bits per heavy atom. The van der Waals surface area contributed by atoms with Crippen LogP contribution in [0.2, 0.25) is 0 Å². The highest BCUT2D eigenvalue weighted by Crippen LogP contribution is 2.34. The molecule has 7 heteroatoms. The molecule has 0 heterocycles. The molecule has 102 valence electrons. The summed E-state index contributed by atoms with van der Waals surface area (Å²) < 4.78 is 42.3. The van der Waals surface area contributed by atoms with Crippen molar-refractivity contribution in [2.45, 2.75) is 18.6 Å². The molecule has 0 spiro atoms. The number of alkyl halides is 3. The summed E-state index contributed by atoms with van der Waals surface area (Å²) in [5.41, 5.74) is 4.64. The van der Waals surface area contributed by atoms with Gasteiger partial charge in [-0.1, -0.05) is 18.2 Å². The topological polar surface area (TPSA) is 52.3 Å². The van der Waals surface area contributed by atoms with Crippen molar-refractivity contribution < 1.29 is 22.7 Å². The van der Waals surface area contributed by atoms with Crippen molar-refractivity contribution in [3.05, 3.63) is 35.4 Å². The predicted molar refractivity (Wildman–Crippen MR) is 62.3 cm³/mol. The third-order valence-electron chi connectivity index (χ3n) is 2.28. The van der Waals surface area contributed by atoms with E-state index in [0.717, 1.165) is 13.2 Å². The summed E-state index contributed by atoms with van der Waals surface area (Å²) in [7, 11) is 1.16. The van der Waals surface area contributed by atoms with Gasteiger partial charge in [-0.3, -0.25) is 4.79 Å². The van der Waals surface area contributed by atoms with Crippen molar-refractivity contribution in [3.63, 3.8) is 0 Å².